The van der Waals surface area contributed by atoms with E-state index < -0.39 is 0 Å². The van der Waals surface area contributed by atoms with Crippen LogP contribution >= 0.6 is 0 Å². The van der Waals surface area contributed by atoms with Crippen LogP contribution in [0.15, 0.2) is 30.3 Å². The maximum absolute atomic E-state index is 11.9. The zero-order valence-corrected chi connectivity index (χ0v) is 11.1. The molecule has 1 aromatic rings. The second-order valence-corrected chi connectivity index (χ2v) is 5.68. The highest BCUT2D eigenvalue weighted by Gasteiger charge is 2.50. The number of carbonyl (C=O) groups is 1. The number of piperidine rings is 1. The molecule has 0 spiro atoms. The Hall–Kier alpha value is -1.39. The minimum atomic E-state index is -0.255. The predicted octanol–water partition coefficient (Wildman–Crippen LogP) is 2.11. The molecular formula is C15H20N2O2. The van der Waals surface area contributed by atoms with Gasteiger partial charge in [-0.25, -0.2) is 5.48 Å². The monoisotopic (exact) mass is 260 g/mol. The van der Waals surface area contributed by atoms with Gasteiger partial charge in [-0.1, -0.05) is 30.3 Å². The summed E-state index contributed by atoms with van der Waals surface area (Å²) in [4.78, 5) is 14.2. The quantitative estimate of drug-likeness (QED) is 0.646. The zero-order chi connectivity index (χ0) is 13.4. The topological polar surface area (TPSA) is 52.6 Å². The van der Waals surface area contributed by atoms with Gasteiger partial charge in [-0.05, 0) is 37.7 Å². The van der Waals surface area contributed by atoms with E-state index in [-0.39, 0.29) is 18.0 Å². The second-order valence-electron chi connectivity index (χ2n) is 5.68. The number of fused-ring (bicyclic) bond motifs is 2. The third-order valence-corrected chi connectivity index (χ3v) is 4.74. The fourth-order valence-corrected chi connectivity index (χ4v) is 3.90. The molecule has 0 radical (unpaired) electrons. The number of hydroxylamine groups is 1. The Morgan fingerprint density at radius 1 is 1.37 bits per heavy atom. The zero-order valence-electron chi connectivity index (χ0n) is 11.1. The summed E-state index contributed by atoms with van der Waals surface area (Å²) in [6.07, 6.45) is 3.34. The normalized spacial score (nSPS) is 31.4. The maximum atomic E-state index is 11.9. The van der Waals surface area contributed by atoms with Gasteiger partial charge in [-0.3, -0.25) is 14.9 Å². The van der Waals surface area contributed by atoms with E-state index in [2.05, 4.69) is 24.0 Å². The molecule has 2 fully saturated rings. The first-order valence-electron chi connectivity index (χ1n) is 6.98. The van der Waals surface area contributed by atoms with Crippen LogP contribution in [0.3, 0.4) is 0 Å². The first-order valence-corrected chi connectivity index (χ1v) is 6.98. The molecule has 1 unspecified atom stereocenters. The third kappa shape index (κ3) is 2.05. The van der Waals surface area contributed by atoms with Crippen molar-refractivity contribution in [3.8, 4) is 0 Å². The fraction of sp³-hybridized carbons (Fsp3) is 0.533. The molecule has 2 N–H and O–H groups in total. The lowest BCUT2D eigenvalue weighted by Crippen LogP contribution is -2.50. The summed E-state index contributed by atoms with van der Waals surface area (Å²) in [6.45, 7) is 2.15. The van der Waals surface area contributed by atoms with E-state index in [1.807, 2.05) is 23.7 Å². The van der Waals surface area contributed by atoms with Crippen LogP contribution in [0.5, 0.6) is 0 Å². The van der Waals surface area contributed by atoms with E-state index in [1.165, 1.54) is 5.56 Å². The van der Waals surface area contributed by atoms with E-state index in [1.54, 1.807) is 0 Å². The molecule has 4 atom stereocenters. The highest BCUT2D eigenvalue weighted by molar-refractivity contribution is 5.81. The van der Waals surface area contributed by atoms with Gasteiger partial charge in [0.1, 0.15) is 0 Å². The van der Waals surface area contributed by atoms with E-state index >= 15 is 0 Å². The standard InChI is InChI=1S/C15H20N2O2/c1-10(11-5-3-2-4-6-11)17-13-8-7-12(9-13)14(17)15(18)16-19/h2-6,10,12-14,19H,7-9H2,1H3,(H,16,18)/t10-,12?,13+,14+/m0/s1. The van der Waals surface area contributed by atoms with Crippen LogP contribution in [0.1, 0.15) is 37.8 Å². The molecule has 1 aliphatic heterocycles. The van der Waals surface area contributed by atoms with Gasteiger partial charge in [-0.2, -0.15) is 0 Å². The Bertz CT molecular complexity index is 462. The summed E-state index contributed by atoms with van der Waals surface area (Å²) >= 11 is 0. The summed E-state index contributed by atoms with van der Waals surface area (Å²) in [5.74, 6) is 0.137. The first kappa shape index (κ1) is 12.6. The van der Waals surface area contributed by atoms with Gasteiger partial charge >= 0.3 is 0 Å². The summed E-state index contributed by atoms with van der Waals surface area (Å²) in [5.41, 5.74) is 3.08. The maximum Gasteiger partial charge on any atom is 0.260 e. The number of likely N-dealkylation sites (tertiary alicyclic amines) is 1. The molecule has 1 saturated heterocycles. The molecule has 19 heavy (non-hydrogen) atoms. The van der Waals surface area contributed by atoms with E-state index in [0.29, 0.717) is 12.0 Å². The van der Waals surface area contributed by atoms with Crippen molar-refractivity contribution < 1.29 is 10.0 Å². The van der Waals surface area contributed by atoms with Crippen molar-refractivity contribution in [1.29, 1.82) is 0 Å². The molecule has 1 amide bonds. The van der Waals surface area contributed by atoms with E-state index in [9.17, 15) is 4.79 Å². The molecule has 0 aromatic heterocycles. The van der Waals surface area contributed by atoms with Crippen LogP contribution in [-0.2, 0) is 4.79 Å². The summed E-state index contributed by atoms with van der Waals surface area (Å²) in [6, 6.07) is 10.8. The Morgan fingerprint density at radius 2 is 2.11 bits per heavy atom. The number of nitrogens with one attached hydrogen (secondary N) is 1. The van der Waals surface area contributed by atoms with Crippen LogP contribution in [0.4, 0.5) is 0 Å². The smallest absolute Gasteiger partial charge is 0.260 e. The number of benzene rings is 1. The lowest BCUT2D eigenvalue weighted by atomic mass is 9.95. The van der Waals surface area contributed by atoms with Gasteiger partial charge in [-0.15, -0.1) is 0 Å². The van der Waals surface area contributed by atoms with Crippen molar-refractivity contribution in [3.63, 3.8) is 0 Å². The Balaban J connectivity index is 1.87. The summed E-state index contributed by atoms with van der Waals surface area (Å²) in [5, 5.41) is 8.97. The highest BCUT2D eigenvalue weighted by Crippen LogP contribution is 2.46. The Morgan fingerprint density at radius 3 is 2.79 bits per heavy atom. The van der Waals surface area contributed by atoms with Gasteiger partial charge < -0.3 is 0 Å². The highest BCUT2D eigenvalue weighted by atomic mass is 16.5. The summed E-state index contributed by atoms with van der Waals surface area (Å²) < 4.78 is 0. The Kier molecular flexibility index (Phi) is 3.29. The van der Waals surface area contributed by atoms with Crippen molar-refractivity contribution in [1.82, 2.24) is 10.4 Å². The number of carbonyl (C=O) groups excluding carboxylic acids is 1. The molecule has 1 heterocycles. The minimum Gasteiger partial charge on any atom is -0.289 e. The Labute approximate surface area is 113 Å². The molecule has 102 valence electrons. The van der Waals surface area contributed by atoms with Crippen LogP contribution in [0.2, 0.25) is 0 Å². The third-order valence-electron chi connectivity index (χ3n) is 4.74. The second kappa shape index (κ2) is 4.94. The molecule has 4 nitrogen and oxygen atoms in total. The van der Waals surface area contributed by atoms with Crippen molar-refractivity contribution in [3.05, 3.63) is 35.9 Å². The van der Waals surface area contributed by atoms with Gasteiger partial charge in [0.2, 0.25) is 0 Å². The molecular weight excluding hydrogens is 240 g/mol. The fourth-order valence-electron chi connectivity index (χ4n) is 3.90. The predicted molar refractivity (Wildman–Crippen MR) is 71.5 cm³/mol. The molecule has 1 aliphatic carbocycles. The first-order chi connectivity index (χ1) is 9.22. The number of amides is 1. The van der Waals surface area contributed by atoms with Gasteiger partial charge in [0.25, 0.3) is 5.91 Å². The van der Waals surface area contributed by atoms with Crippen molar-refractivity contribution in [2.24, 2.45) is 5.92 Å². The van der Waals surface area contributed by atoms with Crippen LogP contribution in [-0.4, -0.2) is 28.1 Å². The van der Waals surface area contributed by atoms with Crippen molar-refractivity contribution in [2.75, 3.05) is 0 Å². The average Bonchev–Trinajstić information content (AvgIpc) is 3.07. The van der Waals surface area contributed by atoms with Gasteiger partial charge in [0, 0.05) is 12.1 Å². The molecule has 4 heteroatoms. The van der Waals surface area contributed by atoms with Crippen LogP contribution < -0.4 is 5.48 Å². The van der Waals surface area contributed by atoms with Crippen molar-refractivity contribution in [2.45, 2.75) is 44.3 Å². The SMILES string of the molecule is C[C@@H](c1ccccc1)N1[C@@H]2CCC(C2)[C@@H]1C(=O)NO. The number of hydrogen-bond donors (Lipinski definition) is 2. The van der Waals surface area contributed by atoms with Gasteiger partial charge in [0.05, 0.1) is 6.04 Å². The lowest BCUT2D eigenvalue weighted by Gasteiger charge is -2.38. The van der Waals surface area contributed by atoms with Crippen LogP contribution in [0, 0.1) is 5.92 Å². The number of hydrogen-bond acceptors (Lipinski definition) is 3. The number of nitrogens with zero attached hydrogens (tertiary/aromatic N) is 1. The molecule has 2 aliphatic rings. The summed E-state index contributed by atoms with van der Waals surface area (Å²) in [7, 11) is 0. The van der Waals surface area contributed by atoms with E-state index in [0.717, 1.165) is 19.3 Å². The van der Waals surface area contributed by atoms with Gasteiger partial charge in [0.15, 0.2) is 0 Å². The largest absolute Gasteiger partial charge is 0.289 e. The minimum absolute atomic E-state index is 0.182. The molecule has 1 saturated carbocycles. The van der Waals surface area contributed by atoms with Crippen molar-refractivity contribution >= 4 is 5.91 Å². The van der Waals surface area contributed by atoms with E-state index in [4.69, 9.17) is 5.21 Å². The molecule has 3 rings (SSSR count). The molecule has 1 aromatic carbocycles. The molecule has 2 bridgehead atoms. The number of rotatable bonds is 3. The lowest BCUT2D eigenvalue weighted by molar-refractivity contribution is -0.137. The van der Waals surface area contributed by atoms with Crippen LogP contribution in [0.25, 0.3) is 0 Å². The average molecular weight is 260 g/mol.